The SMILES string of the molecule is CCC(CC)(OOP(C)(=O)O)c1nc(-c2ccccc2)c(-c2ccncc2)n1C. The third-order valence-electron chi connectivity index (χ3n) is 4.98. The Balaban J connectivity index is 2.22. The Kier molecular flexibility index (Phi) is 6.34. The van der Waals surface area contributed by atoms with Crippen molar-refractivity contribution in [2.45, 2.75) is 32.3 Å². The summed E-state index contributed by atoms with van der Waals surface area (Å²) in [6, 6.07) is 13.7. The molecule has 0 aliphatic heterocycles. The highest BCUT2D eigenvalue weighted by Crippen LogP contribution is 2.44. The molecular weight excluding hydrogens is 389 g/mol. The van der Waals surface area contributed by atoms with Crippen LogP contribution in [0.3, 0.4) is 0 Å². The number of hydrogen-bond donors (Lipinski definition) is 1. The van der Waals surface area contributed by atoms with Crippen molar-refractivity contribution in [1.82, 2.24) is 14.5 Å². The van der Waals surface area contributed by atoms with Gasteiger partial charge < -0.3 is 9.46 Å². The van der Waals surface area contributed by atoms with E-state index in [2.05, 4.69) is 4.98 Å². The molecule has 8 heteroatoms. The largest absolute Gasteiger partial charge is 0.352 e. The lowest BCUT2D eigenvalue weighted by molar-refractivity contribution is -0.308. The van der Waals surface area contributed by atoms with Gasteiger partial charge in [-0.3, -0.25) is 9.55 Å². The Morgan fingerprint density at radius 3 is 2.24 bits per heavy atom. The summed E-state index contributed by atoms with van der Waals surface area (Å²) in [5, 5.41) is 0. The minimum Gasteiger partial charge on any atom is -0.328 e. The smallest absolute Gasteiger partial charge is 0.328 e. The first-order chi connectivity index (χ1) is 13.8. The fourth-order valence-corrected chi connectivity index (χ4v) is 3.69. The Morgan fingerprint density at radius 1 is 1.07 bits per heavy atom. The molecular formula is C21H26N3O4P. The normalized spacial score (nSPS) is 14.0. The van der Waals surface area contributed by atoms with E-state index in [1.807, 2.05) is 67.9 Å². The van der Waals surface area contributed by atoms with Gasteiger partial charge in [-0.05, 0) is 25.0 Å². The molecule has 0 fully saturated rings. The third kappa shape index (κ3) is 4.49. The van der Waals surface area contributed by atoms with Crippen LogP contribution in [0, 0.1) is 0 Å². The van der Waals surface area contributed by atoms with Gasteiger partial charge in [0.25, 0.3) is 0 Å². The summed E-state index contributed by atoms with van der Waals surface area (Å²) in [5.74, 6) is 0.626. The molecule has 1 atom stereocenters. The molecule has 1 unspecified atom stereocenters. The number of nitrogens with zero attached hydrogens (tertiary/aromatic N) is 3. The van der Waals surface area contributed by atoms with Crippen LogP contribution in [-0.4, -0.2) is 26.1 Å². The van der Waals surface area contributed by atoms with E-state index < -0.39 is 13.2 Å². The molecule has 0 saturated heterocycles. The average molecular weight is 415 g/mol. The van der Waals surface area contributed by atoms with Gasteiger partial charge in [0, 0.05) is 37.2 Å². The van der Waals surface area contributed by atoms with E-state index in [0.717, 1.165) is 29.2 Å². The van der Waals surface area contributed by atoms with Crippen LogP contribution in [0.1, 0.15) is 32.5 Å². The van der Waals surface area contributed by atoms with E-state index in [1.54, 1.807) is 12.4 Å². The quantitative estimate of drug-likeness (QED) is 0.319. The van der Waals surface area contributed by atoms with Crippen LogP contribution in [0.25, 0.3) is 22.5 Å². The number of pyridine rings is 1. The van der Waals surface area contributed by atoms with Gasteiger partial charge in [-0.25, -0.2) is 9.87 Å². The summed E-state index contributed by atoms with van der Waals surface area (Å²) in [6.45, 7) is 4.97. The maximum Gasteiger partial charge on any atom is 0.352 e. The van der Waals surface area contributed by atoms with Gasteiger partial charge >= 0.3 is 7.60 Å². The molecule has 1 aromatic carbocycles. The van der Waals surface area contributed by atoms with Crippen LogP contribution in [0.4, 0.5) is 0 Å². The number of imidazole rings is 1. The highest BCUT2D eigenvalue weighted by atomic mass is 31.2. The molecule has 29 heavy (non-hydrogen) atoms. The van der Waals surface area contributed by atoms with Gasteiger partial charge in [-0.2, -0.15) is 0 Å². The molecule has 0 radical (unpaired) electrons. The van der Waals surface area contributed by atoms with Crippen molar-refractivity contribution in [3.8, 4) is 22.5 Å². The fraction of sp³-hybridized carbons (Fsp3) is 0.333. The maximum absolute atomic E-state index is 11.7. The average Bonchev–Trinajstić information content (AvgIpc) is 3.07. The van der Waals surface area contributed by atoms with Gasteiger partial charge in [-0.1, -0.05) is 44.2 Å². The van der Waals surface area contributed by atoms with Crippen molar-refractivity contribution in [3.63, 3.8) is 0 Å². The van der Waals surface area contributed by atoms with Crippen LogP contribution >= 0.6 is 7.60 Å². The summed E-state index contributed by atoms with van der Waals surface area (Å²) >= 11 is 0. The second-order valence-electron chi connectivity index (χ2n) is 6.96. The number of benzene rings is 1. The van der Waals surface area contributed by atoms with Gasteiger partial charge in [0.1, 0.15) is 5.82 Å². The van der Waals surface area contributed by atoms with Gasteiger partial charge in [-0.15, -0.1) is 4.67 Å². The number of aromatic nitrogens is 3. The summed E-state index contributed by atoms with van der Waals surface area (Å²) in [4.78, 5) is 24.2. The molecule has 0 aliphatic rings. The van der Waals surface area contributed by atoms with Crippen molar-refractivity contribution < 1.29 is 19.0 Å². The Morgan fingerprint density at radius 2 is 1.69 bits per heavy atom. The summed E-state index contributed by atoms with van der Waals surface area (Å²) in [6.07, 6.45) is 4.50. The first-order valence-corrected chi connectivity index (χ1v) is 11.5. The fourth-order valence-electron chi connectivity index (χ4n) is 3.41. The van der Waals surface area contributed by atoms with Crippen molar-refractivity contribution in [3.05, 3.63) is 60.7 Å². The standard InChI is InChI=1S/C21H26N3O4P/c1-5-21(6-2,27-28-29(4,25)26)20-23-18(16-10-8-7-9-11-16)19(24(20)3)17-12-14-22-15-13-17/h7-15H,5-6H2,1-4H3,(H,25,26). The Bertz CT molecular complexity index is 996. The second-order valence-corrected chi connectivity index (χ2v) is 8.71. The predicted octanol–water partition coefficient (Wildman–Crippen LogP) is 4.93. The number of hydrogen-bond acceptors (Lipinski definition) is 5. The molecule has 2 heterocycles. The van der Waals surface area contributed by atoms with E-state index >= 15 is 0 Å². The van der Waals surface area contributed by atoms with Crippen LogP contribution in [0.15, 0.2) is 54.9 Å². The first-order valence-electron chi connectivity index (χ1n) is 9.52. The zero-order valence-electron chi connectivity index (χ0n) is 17.1. The Labute approximate surface area is 170 Å². The Hall–Kier alpha value is -2.31. The summed E-state index contributed by atoms with van der Waals surface area (Å²) in [7, 11) is -1.90. The monoisotopic (exact) mass is 415 g/mol. The van der Waals surface area contributed by atoms with Crippen LogP contribution in [0.5, 0.6) is 0 Å². The molecule has 0 spiro atoms. The van der Waals surface area contributed by atoms with Crippen LogP contribution in [-0.2, 0) is 26.8 Å². The van der Waals surface area contributed by atoms with Crippen molar-refractivity contribution in [1.29, 1.82) is 0 Å². The minimum absolute atomic E-state index is 0.512. The molecule has 1 N–H and O–H groups in total. The molecule has 0 amide bonds. The van der Waals surface area contributed by atoms with E-state index in [-0.39, 0.29) is 0 Å². The molecule has 3 aromatic rings. The molecule has 3 rings (SSSR count). The lowest BCUT2D eigenvalue weighted by atomic mass is 9.96. The van der Waals surface area contributed by atoms with Gasteiger partial charge in [0.15, 0.2) is 5.60 Å². The van der Waals surface area contributed by atoms with Crippen molar-refractivity contribution >= 4 is 7.60 Å². The van der Waals surface area contributed by atoms with E-state index in [0.29, 0.717) is 18.7 Å². The zero-order chi connectivity index (χ0) is 21.1. The number of rotatable bonds is 8. The van der Waals surface area contributed by atoms with Gasteiger partial charge in [0.2, 0.25) is 0 Å². The van der Waals surface area contributed by atoms with E-state index in [1.165, 1.54) is 0 Å². The predicted molar refractivity (Wildman–Crippen MR) is 112 cm³/mol. The zero-order valence-corrected chi connectivity index (χ0v) is 18.0. The molecule has 0 saturated carbocycles. The molecule has 154 valence electrons. The lowest BCUT2D eigenvalue weighted by Crippen LogP contribution is -2.31. The third-order valence-corrected chi connectivity index (χ3v) is 5.33. The highest BCUT2D eigenvalue weighted by Gasteiger charge is 2.39. The first kappa shape index (κ1) is 21.4. The van der Waals surface area contributed by atoms with E-state index in [9.17, 15) is 9.46 Å². The van der Waals surface area contributed by atoms with Crippen molar-refractivity contribution in [2.75, 3.05) is 6.66 Å². The molecule has 2 aromatic heterocycles. The lowest BCUT2D eigenvalue weighted by Gasteiger charge is -2.29. The van der Waals surface area contributed by atoms with Gasteiger partial charge in [0.05, 0.1) is 11.4 Å². The second kappa shape index (κ2) is 8.59. The van der Waals surface area contributed by atoms with Crippen LogP contribution < -0.4 is 0 Å². The maximum atomic E-state index is 11.7. The van der Waals surface area contributed by atoms with E-state index in [4.69, 9.17) is 14.5 Å². The molecule has 7 nitrogen and oxygen atoms in total. The molecule has 0 aliphatic carbocycles. The van der Waals surface area contributed by atoms with Crippen molar-refractivity contribution in [2.24, 2.45) is 7.05 Å². The minimum atomic E-state index is -3.81. The topological polar surface area (TPSA) is 86.5 Å². The molecule has 0 bridgehead atoms. The summed E-state index contributed by atoms with van der Waals surface area (Å²) in [5.41, 5.74) is 2.66. The highest BCUT2D eigenvalue weighted by molar-refractivity contribution is 7.51. The van der Waals surface area contributed by atoms with Crippen LogP contribution in [0.2, 0.25) is 0 Å². The summed E-state index contributed by atoms with van der Waals surface area (Å²) < 4.78 is 18.6.